The Labute approximate surface area is 129 Å². The smallest absolute Gasteiger partial charge is 0.142 e. The summed E-state index contributed by atoms with van der Waals surface area (Å²) in [4.78, 5) is 0. The predicted octanol–water partition coefficient (Wildman–Crippen LogP) is 4.11. The molecule has 3 atom stereocenters. The van der Waals surface area contributed by atoms with E-state index >= 15 is 0 Å². The lowest BCUT2D eigenvalue weighted by atomic mass is 9.69. The largest absolute Gasteiger partial charge is 0.495 e. The zero-order valence-corrected chi connectivity index (χ0v) is 14.2. The summed E-state index contributed by atoms with van der Waals surface area (Å²) < 4.78 is 11.6. The van der Waals surface area contributed by atoms with Gasteiger partial charge in [-0.05, 0) is 59.2 Å². The van der Waals surface area contributed by atoms with Crippen molar-refractivity contribution in [3.8, 4) is 11.5 Å². The molecule has 0 aromatic heterocycles. The van der Waals surface area contributed by atoms with Crippen molar-refractivity contribution >= 4 is 15.9 Å². The van der Waals surface area contributed by atoms with Gasteiger partial charge in [-0.1, -0.05) is 13.8 Å². The maximum absolute atomic E-state index is 11.2. The van der Waals surface area contributed by atoms with E-state index in [0.717, 1.165) is 29.3 Å². The third kappa shape index (κ3) is 2.56. The molecule has 4 heteroatoms. The Bertz CT molecular complexity index is 489. The first-order chi connectivity index (χ1) is 9.43. The summed E-state index contributed by atoms with van der Waals surface area (Å²) >= 11 is 3.51. The molecule has 2 rings (SSSR count). The van der Waals surface area contributed by atoms with Crippen molar-refractivity contribution in [2.45, 2.75) is 38.7 Å². The Morgan fingerprint density at radius 1 is 1.25 bits per heavy atom. The van der Waals surface area contributed by atoms with E-state index in [4.69, 9.17) is 9.47 Å². The second-order valence-electron chi connectivity index (χ2n) is 5.87. The number of ether oxygens (including phenoxy) is 2. The molecule has 3 unspecified atom stereocenters. The van der Waals surface area contributed by atoms with Crippen molar-refractivity contribution in [2.75, 3.05) is 14.2 Å². The molecule has 1 saturated carbocycles. The van der Waals surface area contributed by atoms with Gasteiger partial charge >= 0.3 is 0 Å². The highest BCUT2D eigenvalue weighted by Gasteiger charge is 2.42. The van der Waals surface area contributed by atoms with Gasteiger partial charge in [0.25, 0.3) is 0 Å². The minimum atomic E-state index is -0.827. The van der Waals surface area contributed by atoms with Crippen molar-refractivity contribution in [3.63, 3.8) is 0 Å². The summed E-state index contributed by atoms with van der Waals surface area (Å²) in [5.41, 5.74) is 0.0270. The number of hydrogen-bond acceptors (Lipinski definition) is 3. The molecule has 1 fully saturated rings. The lowest BCUT2D eigenvalue weighted by Gasteiger charge is -2.41. The molecule has 20 heavy (non-hydrogen) atoms. The van der Waals surface area contributed by atoms with E-state index in [1.165, 1.54) is 0 Å². The van der Waals surface area contributed by atoms with Crippen LogP contribution in [0.4, 0.5) is 0 Å². The van der Waals surface area contributed by atoms with Crippen molar-refractivity contribution in [2.24, 2.45) is 11.8 Å². The third-order valence-corrected chi connectivity index (χ3v) is 5.29. The van der Waals surface area contributed by atoms with Gasteiger partial charge in [0.05, 0.1) is 19.8 Å². The molecule has 1 aliphatic rings. The monoisotopic (exact) mass is 342 g/mol. The third-order valence-electron chi connectivity index (χ3n) is 4.54. The lowest BCUT2D eigenvalue weighted by molar-refractivity contribution is -0.0602. The number of hydrogen-bond donors (Lipinski definition) is 1. The normalized spacial score (nSPS) is 30.1. The summed E-state index contributed by atoms with van der Waals surface area (Å²) in [5, 5.41) is 11.2. The fraction of sp³-hybridized carbons (Fsp3) is 0.625. The predicted molar refractivity (Wildman–Crippen MR) is 83.3 cm³/mol. The number of methoxy groups -OCH3 is 2. The van der Waals surface area contributed by atoms with E-state index in [0.29, 0.717) is 17.4 Å². The summed E-state index contributed by atoms with van der Waals surface area (Å²) in [7, 11) is 3.25. The fourth-order valence-electron chi connectivity index (χ4n) is 3.27. The van der Waals surface area contributed by atoms with Gasteiger partial charge in [-0.2, -0.15) is 0 Å². The van der Waals surface area contributed by atoms with Crippen LogP contribution in [0.1, 0.15) is 38.7 Å². The quantitative estimate of drug-likeness (QED) is 0.898. The molecular weight excluding hydrogens is 320 g/mol. The van der Waals surface area contributed by atoms with Crippen LogP contribution in [-0.4, -0.2) is 19.3 Å². The molecular formula is C16H23BrO3. The molecule has 1 N–H and O–H groups in total. The molecule has 1 aromatic carbocycles. The van der Waals surface area contributed by atoms with Crippen LogP contribution in [0.2, 0.25) is 0 Å². The van der Waals surface area contributed by atoms with Gasteiger partial charge in [-0.25, -0.2) is 0 Å². The summed E-state index contributed by atoms with van der Waals surface area (Å²) in [6, 6.07) is 3.81. The van der Waals surface area contributed by atoms with Crippen LogP contribution in [0, 0.1) is 11.8 Å². The molecule has 0 heterocycles. The molecule has 112 valence electrons. The topological polar surface area (TPSA) is 38.7 Å². The van der Waals surface area contributed by atoms with Crippen LogP contribution in [0.15, 0.2) is 16.6 Å². The molecule has 0 aliphatic heterocycles. The van der Waals surface area contributed by atoms with E-state index in [1.807, 2.05) is 12.1 Å². The molecule has 1 aliphatic carbocycles. The molecule has 0 radical (unpaired) electrons. The summed E-state index contributed by atoms with van der Waals surface area (Å²) in [6.07, 6.45) is 2.83. The van der Waals surface area contributed by atoms with Gasteiger partial charge in [-0.15, -0.1) is 0 Å². The average Bonchev–Trinajstić information content (AvgIpc) is 2.43. The Balaban J connectivity index is 2.49. The Kier molecular flexibility index (Phi) is 4.65. The van der Waals surface area contributed by atoms with Crippen molar-refractivity contribution in [1.82, 2.24) is 0 Å². The first kappa shape index (κ1) is 15.6. The minimum Gasteiger partial charge on any atom is -0.495 e. The zero-order valence-electron chi connectivity index (χ0n) is 12.6. The molecule has 0 saturated heterocycles. The van der Waals surface area contributed by atoms with Crippen LogP contribution < -0.4 is 9.47 Å². The van der Waals surface area contributed by atoms with Gasteiger partial charge in [0.15, 0.2) is 0 Å². The van der Waals surface area contributed by atoms with Crippen LogP contribution in [-0.2, 0) is 5.60 Å². The fourth-order valence-corrected chi connectivity index (χ4v) is 3.93. The van der Waals surface area contributed by atoms with Crippen LogP contribution in [0.5, 0.6) is 11.5 Å². The Morgan fingerprint density at radius 3 is 2.50 bits per heavy atom. The Hall–Kier alpha value is -0.740. The molecule has 0 amide bonds. The van der Waals surface area contributed by atoms with Gasteiger partial charge in [0.1, 0.15) is 16.0 Å². The van der Waals surface area contributed by atoms with E-state index in [2.05, 4.69) is 29.8 Å². The van der Waals surface area contributed by atoms with Gasteiger partial charge in [0, 0.05) is 5.56 Å². The van der Waals surface area contributed by atoms with Crippen molar-refractivity contribution in [3.05, 3.63) is 22.2 Å². The van der Waals surface area contributed by atoms with E-state index in [-0.39, 0.29) is 5.92 Å². The number of halogens is 1. The Morgan fingerprint density at radius 2 is 1.95 bits per heavy atom. The first-order valence-corrected chi connectivity index (χ1v) is 7.86. The second kappa shape index (κ2) is 5.94. The van der Waals surface area contributed by atoms with Gasteiger partial charge < -0.3 is 14.6 Å². The maximum Gasteiger partial charge on any atom is 0.142 e. The van der Waals surface area contributed by atoms with Crippen molar-refractivity contribution in [1.29, 1.82) is 0 Å². The minimum absolute atomic E-state index is 0.209. The molecule has 1 aromatic rings. The highest BCUT2D eigenvalue weighted by molar-refractivity contribution is 9.10. The second-order valence-corrected chi connectivity index (χ2v) is 6.66. The van der Waals surface area contributed by atoms with Crippen LogP contribution in [0.25, 0.3) is 0 Å². The van der Waals surface area contributed by atoms with E-state index in [1.54, 1.807) is 14.2 Å². The molecule has 3 nitrogen and oxygen atoms in total. The number of aliphatic hydroxyl groups is 1. The summed E-state index contributed by atoms with van der Waals surface area (Å²) in [6.45, 7) is 4.37. The average molecular weight is 343 g/mol. The maximum atomic E-state index is 11.2. The molecule has 0 bridgehead atoms. The van der Waals surface area contributed by atoms with E-state index in [9.17, 15) is 5.11 Å². The first-order valence-electron chi connectivity index (χ1n) is 7.07. The zero-order chi connectivity index (χ0) is 14.9. The van der Waals surface area contributed by atoms with Gasteiger partial charge in [0.2, 0.25) is 0 Å². The highest BCUT2D eigenvalue weighted by atomic mass is 79.9. The standard InChI is InChI=1S/C16H23BrO3/c1-10-7-8-16(18,11(2)9-10)12-5-6-13(19-3)14(17)15(12)20-4/h5-6,10-11,18H,7-9H2,1-4H3. The highest BCUT2D eigenvalue weighted by Crippen LogP contribution is 2.49. The number of rotatable bonds is 3. The molecule has 0 spiro atoms. The number of benzene rings is 1. The van der Waals surface area contributed by atoms with Crippen molar-refractivity contribution < 1.29 is 14.6 Å². The van der Waals surface area contributed by atoms with Crippen LogP contribution >= 0.6 is 15.9 Å². The van der Waals surface area contributed by atoms with E-state index < -0.39 is 5.60 Å². The summed E-state index contributed by atoms with van der Waals surface area (Å²) in [5.74, 6) is 2.26. The SMILES string of the molecule is COc1ccc(C2(O)CCC(C)CC2C)c(OC)c1Br. The van der Waals surface area contributed by atoms with Gasteiger partial charge in [-0.3, -0.25) is 0 Å². The van der Waals surface area contributed by atoms with Crippen LogP contribution in [0.3, 0.4) is 0 Å². The lowest BCUT2D eigenvalue weighted by Crippen LogP contribution is -2.39.